The smallest absolute Gasteiger partial charge is 0.335 e. The molecule has 1 spiro atoms. The number of nitrogens with zero attached hydrogens (tertiary/aromatic N) is 2. The van der Waals surface area contributed by atoms with Gasteiger partial charge in [0.05, 0.1) is 24.4 Å². The average molecular weight is 519 g/mol. The van der Waals surface area contributed by atoms with E-state index in [1.54, 1.807) is 6.07 Å². The molecule has 6 heteroatoms. The summed E-state index contributed by atoms with van der Waals surface area (Å²) in [6, 6.07) is 6.26. The molecule has 6 nitrogen and oxygen atoms in total. The first-order valence-electron chi connectivity index (χ1n) is 14.6. The van der Waals surface area contributed by atoms with E-state index in [2.05, 4.69) is 48.6 Å². The maximum atomic E-state index is 12.0. The van der Waals surface area contributed by atoms with Crippen LogP contribution in [-0.4, -0.2) is 59.0 Å². The Bertz CT molecular complexity index is 1280. The van der Waals surface area contributed by atoms with Crippen molar-refractivity contribution in [3.05, 3.63) is 52.9 Å². The monoisotopic (exact) mass is 518 g/mol. The van der Waals surface area contributed by atoms with Crippen LogP contribution in [0.1, 0.15) is 92.7 Å². The number of ether oxygens (including phenoxy) is 2. The van der Waals surface area contributed by atoms with E-state index in [4.69, 9.17) is 9.47 Å². The molecule has 2 aliphatic heterocycles. The second-order valence-corrected chi connectivity index (χ2v) is 12.4. The second kappa shape index (κ2) is 10.2. The van der Waals surface area contributed by atoms with Crippen molar-refractivity contribution >= 4 is 22.4 Å². The Hall–Kier alpha value is -2.57. The van der Waals surface area contributed by atoms with E-state index in [-0.39, 0.29) is 0 Å². The highest BCUT2D eigenvalue weighted by Crippen LogP contribution is 2.47. The zero-order chi connectivity index (χ0) is 26.4. The van der Waals surface area contributed by atoms with Gasteiger partial charge in [0.15, 0.2) is 0 Å². The van der Waals surface area contributed by atoms with Crippen molar-refractivity contribution in [1.82, 2.24) is 9.47 Å². The molecule has 1 N–H and O–H groups in total. The summed E-state index contributed by atoms with van der Waals surface area (Å²) in [5, 5.41) is 11.1. The van der Waals surface area contributed by atoms with Crippen LogP contribution in [0.15, 0.2) is 36.1 Å². The molecule has 2 fully saturated rings. The number of carboxylic acids is 1. The lowest BCUT2D eigenvalue weighted by molar-refractivity contribution is -0.0579. The van der Waals surface area contributed by atoms with Crippen LogP contribution >= 0.6 is 0 Å². The fourth-order valence-corrected chi connectivity index (χ4v) is 7.24. The van der Waals surface area contributed by atoms with Gasteiger partial charge in [-0.05, 0) is 88.6 Å². The van der Waals surface area contributed by atoms with Crippen LogP contribution in [0.4, 0.5) is 0 Å². The first kappa shape index (κ1) is 25.7. The van der Waals surface area contributed by atoms with Gasteiger partial charge in [0.2, 0.25) is 0 Å². The highest BCUT2D eigenvalue weighted by Gasteiger charge is 2.45. The molecule has 2 aromatic rings. The molecule has 1 aromatic heterocycles. The van der Waals surface area contributed by atoms with E-state index < -0.39 is 11.6 Å². The standard InChI is InChI=1S/C32H42N2O4/c1-21(2)33(3)17-22-16-32(38-18-22)19-34-27-15-24(31(35)36)13-14-25(27)29(23-9-5-4-6-10-23)30(34)26-11-7-8-12-28(26)37-20-32/h8,12-15,21-23H,4-7,9-11,16-20H2,1-3H3,(H,35,36). The average Bonchev–Trinajstić information content (AvgIpc) is 3.45. The molecule has 0 amide bonds. The summed E-state index contributed by atoms with van der Waals surface area (Å²) in [5.74, 6) is 1.03. The number of carboxylic acid groups (broad SMARTS) is 1. The summed E-state index contributed by atoms with van der Waals surface area (Å²) >= 11 is 0. The largest absolute Gasteiger partial charge is 0.490 e. The van der Waals surface area contributed by atoms with Crippen molar-refractivity contribution in [1.29, 1.82) is 0 Å². The Morgan fingerprint density at radius 1 is 1.24 bits per heavy atom. The van der Waals surface area contributed by atoms with Crippen LogP contribution in [-0.2, 0) is 16.0 Å². The molecule has 0 bridgehead atoms. The molecular formula is C32H42N2O4. The first-order chi connectivity index (χ1) is 18.3. The van der Waals surface area contributed by atoms with Gasteiger partial charge in [0.1, 0.15) is 18.0 Å². The summed E-state index contributed by atoms with van der Waals surface area (Å²) < 4.78 is 15.8. The quantitative estimate of drug-likeness (QED) is 0.484. The van der Waals surface area contributed by atoms with Crippen molar-refractivity contribution in [2.75, 3.05) is 26.8 Å². The number of hydrogen-bond donors (Lipinski definition) is 1. The van der Waals surface area contributed by atoms with Gasteiger partial charge >= 0.3 is 5.97 Å². The Balaban J connectivity index is 1.51. The molecule has 38 heavy (non-hydrogen) atoms. The van der Waals surface area contributed by atoms with Crippen LogP contribution in [0.5, 0.6) is 0 Å². The molecule has 2 atom stereocenters. The number of rotatable bonds is 5. The number of aromatic carboxylic acids is 1. The molecule has 4 aliphatic rings. The molecule has 2 unspecified atom stereocenters. The van der Waals surface area contributed by atoms with Crippen molar-refractivity contribution < 1.29 is 19.4 Å². The molecule has 1 saturated heterocycles. The van der Waals surface area contributed by atoms with Crippen molar-refractivity contribution in [2.24, 2.45) is 5.92 Å². The first-order valence-corrected chi connectivity index (χ1v) is 14.6. The minimum atomic E-state index is -0.875. The van der Waals surface area contributed by atoms with Gasteiger partial charge in [0, 0.05) is 29.1 Å². The molecule has 204 valence electrons. The molecule has 1 saturated carbocycles. The lowest BCUT2D eigenvalue weighted by Gasteiger charge is -2.35. The van der Waals surface area contributed by atoms with Crippen molar-refractivity contribution in [3.8, 4) is 0 Å². The Morgan fingerprint density at radius 3 is 2.82 bits per heavy atom. The fraction of sp³-hybridized carbons (Fsp3) is 0.594. The van der Waals surface area contributed by atoms with Crippen LogP contribution in [0.3, 0.4) is 0 Å². The summed E-state index contributed by atoms with van der Waals surface area (Å²) in [6.07, 6.45) is 13.5. The minimum absolute atomic E-state index is 0.349. The van der Waals surface area contributed by atoms with E-state index in [0.717, 1.165) is 43.7 Å². The van der Waals surface area contributed by atoms with E-state index in [1.807, 2.05) is 6.07 Å². The predicted molar refractivity (Wildman–Crippen MR) is 151 cm³/mol. The van der Waals surface area contributed by atoms with Gasteiger partial charge in [-0.3, -0.25) is 0 Å². The van der Waals surface area contributed by atoms with Crippen LogP contribution in [0, 0.1) is 5.92 Å². The number of hydrogen-bond acceptors (Lipinski definition) is 4. The molecule has 3 heterocycles. The summed E-state index contributed by atoms with van der Waals surface area (Å²) in [5.41, 5.74) is 4.92. The minimum Gasteiger partial charge on any atom is -0.490 e. The third-order valence-corrected chi connectivity index (χ3v) is 9.43. The van der Waals surface area contributed by atoms with Gasteiger partial charge in [-0.25, -0.2) is 4.79 Å². The molecule has 6 rings (SSSR count). The maximum Gasteiger partial charge on any atom is 0.335 e. The topological polar surface area (TPSA) is 63.9 Å². The fourth-order valence-electron chi connectivity index (χ4n) is 7.24. The number of fused-ring (bicyclic) bond motifs is 4. The van der Waals surface area contributed by atoms with E-state index >= 15 is 0 Å². The van der Waals surface area contributed by atoms with Crippen LogP contribution in [0.2, 0.25) is 0 Å². The second-order valence-electron chi connectivity index (χ2n) is 12.4. The SMILES string of the molecule is CC(C)N(C)CC1COC2(COC3=C(CCC=C3)c3c(C4CCCCC4)c4ccc(C(=O)O)cc4n3C2)C1. The number of allylic oxidation sites excluding steroid dienone is 3. The highest BCUT2D eigenvalue weighted by atomic mass is 16.5. The molecule has 0 radical (unpaired) electrons. The third kappa shape index (κ3) is 4.60. The molecule has 2 aliphatic carbocycles. The van der Waals surface area contributed by atoms with E-state index in [1.165, 1.54) is 54.3 Å². The predicted octanol–water partition coefficient (Wildman–Crippen LogP) is 6.59. The number of aromatic nitrogens is 1. The summed E-state index contributed by atoms with van der Waals surface area (Å²) in [4.78, 5) is 14.4. The van der Waals surface area contributed by atoms with Gasteiger partial charge in [-0.1, -0.05) is 31.4 Å². The summed E-state index contributed by atoms with van der Waals surface area (Å²) in [6.45, 7) is 7.42. The van der Waals surface area contributed by atoms with Crippen LogP contribution in [0.25, 0.3) is 16.5 Å². The lowest BCUT2D eigenvalue weighted by atomic mass is 9.80. The normalized spacial score (nSPS) is 26.1. The van der Waals surface area contributed by atoms with E-state index in [9.17, 15) is 9.90 Å². The zero-order valence-electron chi connectivity index (χ0n) is 23.2. The van der Waals surface area contributed by atoms with E-state index in [0.29, 0.717) is 36.6 Å². The zero-order valence-corrected chi connectivity index (χ0v) is 23.2. The number of carbonyl (C=O) groups is 1. The van der Waals surface area contributed by atoms with Gasteiger partial charge in [0.25, 0.3) is 0 Å². The Morgan fingerprint density at radius 2 is 2.05 bits per heavy atom. The molecule has 1 aromatic carbocycles. The van der Waals surface area contributed by atoms with Crippen molar-refractivity contribution in [3.63, 3.8) is 0 Å². The summed E-state index contributed by atoms with van der Waals surface area (Å²) in [7, 11) is 2.19. The van der Waals surface area contributed by atoms with Crippen LogP contribution < -0.4 is 0 Å². The number of benzene rings is 1. The Labute approximate surface area is 226 Å². The van der Waals surface area contributed by atoms with Crippen molar-refractivity contribution in [2.45, 2.75) is 89.3 Å². The lowest BCUT2D eigenvalue weighted by Crippen LogP contribution is -2.41. The third-order valence-electron chi connectivity index (χ3n) is 9.43. The van der Waals surface area contributed by atoms with Gasteiger partial charge in [-0.2, -0.15) is 0 Å². The van der Waals surface area contributed by atoms with Gasteiger partial charge < -0.3 is 24.0 Å². The van der Waals surface area contributed by atoms with Gasteiger partial charge in [-0.15, -0.1) is 0 Å². The Kier molecular flexibility index (Phi) is 6.89. The maximum absolute atomic E-state index is 12.0. The molecular weight excluding hydrogens is 476 g/mol. The highest BCUT2D eigenvalue weighted by molar-refractivity contribution is 5.97.